The minimum Gasteiger partial charge on any atom is -0.344 e. The van der Waals surface area contributed by atoms with Gasteiger partial charge in [0.25, 0.3) is 5.91 Å². The first kappa shape index (κ1) is 28.9. The van der Waals surface area contributed by atoms with E-state index in [2.05, 4.69) is 55.3 Å². The Bertz CT molecular complexity index is 1530. The SMILES string of the molecule is CCS(=O)(=O)c1ccc([C@H](CC#N)NC(=O)c2ccc(N(c3cc(C4CC4)cc(C4CC4)c3)C(C)(C)C)cc2)cc1. The molecule has 0 heterocycles. The Morgan fingerprint density at radius 1 is 0.927 bits per heavy atom. The second kappa shape index (κ2) is 11.3. The summed E-state index contributed by atoms with van der Waals surface area (Å²) >= 11 is 0. The summed E-state index contributed by atoms with van der Waals surface area (Å²) in [7, 11) is -3.32. The van der Waals surface area contributed by atoms with E-state index in [1.54, 1.807) is 19.1 Å². The molecule has 7 heteroatoms. The number of nitrogens with zero attached hydrogens (tertiary/aromatic N) is 2. The lowest BCUT2D eigenvalue weighted by atomic mass is 9.97. The van der Waals surface area contributed by atoms with E-state index in [0.717, 1.165) is 5.69 Å². The van der Waals surface area contributed by atoms with Gasteiger partial charge < -0.3 is 10.2 Å². The number of rotatable bonds is 10. The second-order valence-electron chi connectivity index (χ2n) is 12.3. The molecule has 2 aliphatic carbocycles. The number of anilines is 2. The van der Waals surface area contributed by atoms with Crippen LogP contribution in [0.25, 0.3) is 0 Å². The van der Waals surface area contributed by atoms with Crippen molar-refractivity contribution in [2.24, 2.45) is 0 Å². The molecule has 1 atom stereocenters. The molecule has 5 rings (SSSR count). The molecule has 3 aromatic carbocycles. The fraction of sp³-hybridized carbons (Fsp3) is 0.412. The minimum atomic E-state index is -3.32. The van der Waals surface area contributed by atoms with Crippen LogP contribution < -0.4 is 10.2 Å². The van der Waals surface area contributed by atoms with Crippen molar-refractivity contribution >= 4 is 27.1 Å². The predicted molar refractivity (Wildman–Crippen MR) is 163 cm³/mol. The van der Waals surface area contributed by atoms with Crippen LogP contribution in [0, 0.1) is 11.3 Å². The fourth-order valence-corrected chi connectivity index (χ4v) is 6.32. The van der Waals surface area contributed by atoms with Crippen molar-refractivity contribution in [3.8, 4) is 6.07 Å². The van der Waals surface area contributed by atoms with Gasteiger partial charge in [0.2, 0.25) is 0 Å². The molecule has 1 N–H and O–H groups in total. The molecule has 2 saturated carbocycles. The highest BCUT2D eigenvalue weighted by molar-refractivity contribution is 7.91. The van der Waals surface area contributed by atoms with Crippen molar-refractivity contribution in [2.45, 2.75) is 88.1 Å². The van der Waals surface area contributed by atoms with Crippen LogP contribution in [-0.2, 0) is 9.84 Å². The first-order valence-corrected chi connectivity index (χ1v) is 16.2. The molecule has 0 unspecified atom stereocenters. The van der Waals surface area contributed by atoms with Gasteiger partial charge in [0.05, 0.1) is 29.2 Å². The number of hydrogen-bond acceptors (Lipinski definition) is 5. The Hall–Kier alpha value is -3.63. The summed E-state index contributed by atoms with van der Waals surface area (Å²) < 4.78 is 24.3. The third kappa shape index (κ3) is 6.65. The number of nitrogens with one attached hydrogen (secondary N) is 1. The van der Waals surface area contributed by atoms with Crippen LogP contribution in [0.15, 0.2) is 71.6 Å². The Morgan fingerprint density at radius 2 is 1.49 bits per heavy atom. The van der Waals surface area contributed by atoms with Crippen LogP contribution >= 0.6 is 0 Å². The summed E-state index contributed by atoms with van der Waals surface area (Å²) in [5.41, 5.74) is 6.11. The molecule has 2 aliphatic rings. The van der Waals surface area contributed by atoms with E-state index in [9.17, 15) is 18.5 Å². The Morgan fingerprint density at radius 3 is 1.95 bits per heavy atom. The van der Waals surface area contributed by atoms with E-state index in [0.29, 0.717) is 23.0 Å². The number of benzene rings is 3. The number of carbonyl (C=O) groups excluding carboxylic acids is 1. The molecule has 0 saturated heterocycles. The molecule has 2 fully saturated rings. The van der Waals surface area contributed by atoms with Gasteiger partial charge in [-0.1, -0.05) is 25.1 Å². The van der Waals surface area contributed by atoms with Gasteiger partial charge in [-0.15, -0.1) is 0 Å². The van der Waals surface area contributed by atoms with Crippen molar-refractivity contribution in [1.29, 1.82) is 5.26 Å². The molecule has 0 aliphatic heterocycles. The van der Waals surface area contributed by atoms with Gasteiger partial charge in [-0.3, -0.25) is 4.79 Å². The van der Waals surface area contributed by atoms with Gasteiger partial charge in [0, 0.05) is 22.5 Å². The zero-order valence-electron chi connectivity index (χ0n) is 24.4. The van der Waals surface area contributed by atoms with Gasteiger partial charge in [-0.05, 0) is 124 Å². The molecular weight excluding hydrogens is 530 g/mol. The summed E-state index contributed by atoms with van der Waals surface area (Å²) in [6.07, 6.45) is 5.13. The van der Waals surface area contributed by atoms with E-state index < -0.39 is 15.9 Å². The molecule has 0 bridgehead atoms. The van der Waals surface area contributed by atoms with Gasteiger partial charge >= 0.3 is 0 Å². The second-order valence-corrected chi connectivity index (χ2v) is 14.6. The topological polar surface area (TPSA) is 90.3 Å². The molecule has 0 radical (unpaired) electrons. The van der Waals surface area contributed by atoms with Crippen LogP contribution in [0.5, 0.6) is 0 Å². The first-order chi connectivity index (χ1) is 19.5. The Balaban J connectivity index is 1.37. The number of nitriles is 1. The summed E-state index contributed by atoms with van der Waals surface area (Å²) in [5, 5.41) is 12.4. The summed E-state index contributed by atoms with van der Waals surface area (Å²) in [5.74, 6) is 1.08. The molecule has 0 aromatic heterocycles. The summed E-state index contributed by atoms with van der Waals surface area (Å²) in [4.78, 5) is 15.8. The lowest BCUT2D eigenvalue weighted by Crippen LogP contribution is -2.37. The molecule has 214 valence electrons. The third-order valence-electron chi connectivity index (χ3n) is 8.00. The van der Waals surface area contributed by atoms with E-state index in [-0.39, 0.29) is 28.5 Å². The van der Waals surface area contributed by atoms with E-state index in [4.69, 9.17) is 0 Å². The smallest absolute Gasteiger partial charge is 0.251 e. The Labute approximate surface area is 244 Å². The largest absolute Gasteiger partial charge is 0.344 e. The normalized spacial score (nSPS) is 16.1. The van der Waals surface area contributed by atoms with Crippen LogP contribution in [0.4, 0.5) is 11.4 Å². The van der Waals surface area contributed by atoms with Crippen molar-refractivity contribution in [1.82, 2.24) is 5.32 Å². The minimum absolute atomic E-state index is 0.0149. The molecule has 0 spiro atoms. The highest BCUT2D eigenvalue weighted by Gasteiger charge is 2.31. The lowest BCUT2D eigenvalue weighted by Gasteiger charge is -2.38. The molecule has 41 heavy (non-hydrogen) atoms. The van der Waals surface area contributed by atoms with Crippen molar-refractivity contribution in [3.05, 3.63) is 89.0 Å². The number of sulfone groups is 1. The number of hydrogen-bond donors (Lipinski definition) is 1. The summed E-state index contributed by atoms with van der Waals surface area (Å²) in [6, 6.07) is 22.7. The average molecular weight is 570 g/mol. The predicted octanol–water partition coefficient (Wildman–Crippen LogP) is 7.56. The molecule has 6 nitrogen and oxygen atoms in total. The first-order valence-electron chi connectivity index (χ1n) is 14.6. The van der Waals surface area contributed by atoms with E-state index in [1.807, 2.05) is 24.3 Å². The zero-order valence-corrected chi connectivity index (χ0v) is 25.2. The summed E-state index contributed by atoms with van der Waals surface area (Å²) in [6.45, 7) is 8.22. The quantitative estimate of drug-likeness (QED) is 0.272. The van der Waals surface area contributed by atoms with Gasteiger partial charge in [-0.2, -0.15) is 5.26 Å². The van der Waals surface area contributed by atoms with Crippen LogP contribution in [-0.4, -0.2) is 25.6 Å². The monoisotopic (exact) mass is 569 g/mol. The zero-order chi connectivity index (χ0) is 29.4. The maximum absolute atomic E-state index is 13.2. The Kier molecular flexibility index (Phi) is 7.98. The van der Waals surface area contributed by atoms with Crippen molar-refractivity contribution in [2.75, 3.05) is 10.7 Å². The van der Waals surface area contributed by atoms with Crippen molar-refractivity contribution in [3.63, 3.8) is 0 Å². The maximum atomic E-state index is 13.2. The molecule has 1 amide bonds. The van der Waals surface area contributed by atoms with Crippen LogP contribution in [0.3, 0.4) is 0 Å². The number of carbonyl (C=O) groups is 1. The fourth-order valence-electron chi connectivity index (χ4n) is 5.44. The standard InChI is InChI=1S/C34H39N3O3S/c1-5-41(39,40)31-16-12-25(13-17-31)32(18-19-35)36-33(38)26-10-14-29(15-11-26)37(34(2,3)4)30-21-27(23-6-7-23)20-28(22-30)24-8-9-24/h10-17,20-24,32H,5-9,18H2,1-4H3,(H,36,38)/t32-/m0/s1. The van der Waals surface area contributed by atoms with Gasteiger partial charge in [0.1, 0.15) is 0 Å². The van der Waals surface area contributed by atoms with E-state index >= 15 is 0 Å². The average Bonchev–Trinajstić information content (AvgIpc) is 3.86. The highest BCUT2D eigenvalue weighted by atomic mass is 32.2. The molecule has 3 aromatic rings. The van der Waals surface area contributed by atoms with Gasteiger partial charge in [-0.25, -0.2) is 8.42 Å². The molecular formula is C34H39N3O3S. The third-order valence-corrected chi connectivity index (χ3v) is 9.75. The maximum Gasteiger partial charge on any atom is 0.251 e. The van der Waals surface area contributed by atoms with Crippen LogP contribution in [0.1, 0.15) is 105 Å². The highest BCUT2D eigenvalue weighted by Crippen LogP contribution is 2.47. The van der Waals surface area contributed by atoms with Crippen molar-refractivity contribution < 1.29 is 13.2 Å². The van der Waals surface area contributed by atoms with Gasteiger partial charge in [0.15, 0.2) is 9.84 Å². The number of amides is 1. The lowest BCUT2D eigenvalue weighted by molar-refractivity contribution is 0.0937. The van der Waals surface area contributed by atoms with E-state index in [1.165, 1.54) is 54.6 Å². The van der Waals surface area contributed by atoms with Crippen LogP contribution in [0.2, 0.25) is 0 Å².